The fraction of sp³-hybridized carbons (Fsp3) is 1.00. The second kappa shape index (κ2) is 8.23. The van der Waals surface area contributed by atoms with E-state index in [9.17, 15) is 5.11 Å². The van der Waals surface area contributed by atoms with Crippen LogP contribution in [0.4, 0.5) is 0 Å². The maximum atomic E-state index is 10.2. The van der Waals surface area contributed by atoms with E-state index in [2.05, 4.69) is 44.7 Å². The lowest BCUT2D eigenvalue weighted by Gasteiger charge is -2.36. The highest BCUT2D eigenvalue weighted by Gasteiger charge is 2.28. The lowest BCUT2D eigenvalue weighted by atomic mass is 9.80. The van der Waals surface area contributed by atoms with Gasteiger partial charge in [-0.15, -0.1) is 0 Å². The van der Waals surface area contributed by atoms with Gasteiger partial charge in [0.1, 0.15) is 0 Å². The van der Waals surface area contributed by atoms with Crippen LogP contribution >= 0.6 is 0 Å². The van der Waals surface area contributed by atoms with Crippen LogP contribution in [-0.2, 0) is 0 Å². The van der Waals surface area contributed by atoms with Gasteiger partial charge >= 0.3 is 0 Å². The van der Waals surface area contributed by atoms with Crippen molar-refractivity contribution < 1.29 is 5.11 Å². The van der Waals surface area contributed by atoms with Crippen LogP contribution in [0.15, 0.2) is 0 Å². The maximum Gasteiger partial charge on any atom is 0.0580 e. The molecule has 1 N–H and O–H groups in total. The Balaban J connectivity index is 2.49. The van der Waals surface area contributed by atoms with Crippen LogP contribution in [0.3, 0.4) is 0 Å². The highest BCUT2D eigenvalue weighted by atomic mass is 16.3. The molecule has 1 saturated carbocycles. The summed E-state index contributed by atoms with van der Waals surface area (Å²) in [6, 6.07) is 0. The predicted octanol–water partition coefficient (Wildman–Crippen LogP) is 2.30. The lowest BCUT2D eigenvalue weighted by molar-refractivity contribution is 0.0274. The SMILES string of the molecule is CC(C)CN(CCN(C)C)CC1CC(C)CCC1O. The zero-order valence-corrected chi connectivity index (χ0v) is 13.6. The molecule has 3 heteroatoms. The highest BCUT2D eigenvalue weighted by molar-refractivity contribution is 4.81. The summed E-state index contributed by atoms with van der Waals surface area (Å²) >= 11 is 0. The van der Waals surface area contributed by atoms with E-state index in [1.807, 2.05) is 0 Å². The van der Waals surface area contributed by atoms with Crippen molar-refractivity contribution in [3.8, 4) is 0 Å². The molecule has 0 aliphatic heterocycles. The molecule has 0 aromatic heterocycles. The molecule has 0 saturated heterocycles. The van der Waals surface area contributed by atoms with Crippen molar-refractivity contribution in [1.29, 1.82) is 0 Å². The van der Waals surface area contributed by atoms with Gasteiger partial charge in [-0.25, -0.2) is 0 Å². The van der Waals surface area contributed by atoms with Crippen LogP contribution < -0.4 is 0 Å². The van der Waals surface area contributed by atoms with Gasteiger partial charge in [0.2, 0.25) is 0 Å². The van der Waals surface area contributed by atoms with E-state index in [0.717, 1.165) is 38.5 Å². The van der Waals surface area contributed by atoms with Gasteiger partial charge in [-0.3, -0.25) is 0 Å². The van der Waals surface area contributed by atoms with Crippen LogP contribution in [0.1, 0.15) is 40.0 Å². The number of hydrogen-bond acceptors (Lipinski definition) is 3. The lowest BCUT2D eigenvalue weighted by Crippen LogP contribution is -2.42. The van der Waals surface area contributed by atoms with E-state index in [4.69, 9.17) is 0 Å². The molecule has 1 aliphatic carbocycles. The Morgan fingerprint density at radius 2 is 1.84 bits per heavy atom. The average Bonchev–Trinajstić information content (AvgIpc) is 2.30. The molecule has 0 aromatic carbocycles. The van der Waals surface area contributed by atoms with E-state index in [1.54, 1.807) is 0 Å². The van der Waals surface area contributed by atoms with Gasteiger partial charge < -0.3 is 14.9 Å². The standard InChI is InChI=1S/C16H34N2O/c1-13(2)11-18(9-8-17(4)5)12-15-10-14(3)6-7-16(15)19/h13-16,19H,6-12H2,1-5H3. The third kappa shape index (κ3) is 6.73. The molecule has 3 atom stereocenters. The summed E-state index contributed by atoms with van der Waals surface area (Å²) in [6.45, 7) is 11.3. The Morgan fingerprint density at radius 3 is 2.42 bits per heavy atom. The van der Waals surface area contributed by atoms with Gasteiger partial charge in [-0.1, -0.05) is 20.8 Å². The minimum atomic E-state index is -0.0785. The molecule has 0 spiro atoms. The van der Waals surface area contributed by atoms with Gasteiger partial charge in [0.25, 0.3) is 0 Å². The fourth-order valence-corrected chi connectivity index (χ4v) is 3.13. The molecule has 114 valence electrons. The second-order valence-corrected chi connectivity index (χ2v) is 7.20. The van der Waals surface area contributed by atoms with Crippen molar-refractivity contribution in [1.82, 2.24) is 9.80 Å². The maximum absolute atomic E-state index is 10.2. The third-order valence-corrected chi connectivity index (χ3v) is 4.18. The molecule has 1 rings (SSSR count). The fourth-order valence-electron chi connectivity index (χ4n) is 3.13. The van der Waals surface area contributed by atoms with Crippen LogP contribution in [0.2, 0.25) is 0 Å². The van der Waals surface area contributed by atoms with E-state index in [0.29, 0.717) is 11.8 Å². The van der Waals surface area contributed by atoms with Crippen molar-refractivity contribution in [2.45, 2.75) is 46.1 Å². The number of hydrogen-bond donors (Lipinski definition) is 1. The van der Waals surface area contributed by atoms with Gasteiger partial charge in [-0.2, -0.15) is 0 Å². The Labute approximate surface area is 120 Å². The molecule has 1 fully saturated rings. The Hall–Kier alpha value is -0.120. The van der Waals surface area contributed by atoms with E-state index < -0.39 is 0 Å². The smallest absolute Gasteiger partial charge is 0.0580 e. The van der Waals surface area contributed by atoms with Gasteiger partial charge in [0, 0.05) is 26.2 Å². The van der Waals surface area contributed by atoms with Crippen molar-refractivity contribution in [2.24, 2.45) is 17.8 Å². The number of aliphatic hydroxyl groups excluding tert-OH is 1. The largest absolute Gasteiger partial charge is 0.393 e. The first kappa shape index (κ1) is 16.9. The van der Waals surface area contributed by atoms with Crippen molar-refractivity contribution in [3.63, 3.8) is 0 Å². The highest BCUT2D eigenvalue weighted by Crippen LogP contribution is 2.29. The van der Waals surface area contributed by atoms with E-state index >= 15 is 0 Å². The van der Waals surface area contributed by atoms with Crippen molar-refractivity contribution in [2.75, 3.05) is 40.3 Å². The molecule has 19 heavy (non-hydrogen) atoms. The second-order valence-electron chi connectivity index (χ2n) is 7.20. The first-order valence-electron chi connectivity index (χ1n) is 7.93. The van der Waals surface area contributed by atoms with Crippen LogP contribution in [-0.4, -0.2) is 61.3 Å². The Bertz CT molecular complexity index is 243. The molecule has 1 aliphatic rings. The van der Waals surface area contributed by atoms with Gasteiger partial charge in [0.05, 0.1) is 6.10 Å². The van der Waals surface area contributed by atoms with Gasteiger partial charge in [-0.05, 0) is 51.1 Å². The van der Waals surface area contributed by atoms with Crippen LogP contribution in [0.25, 0.3) is 0 Å². The monoisotopic (exact) mass is 270 g/mol. The molecular weight excluding hydrogens is 236 g/mol. The molecule has 0 amide bonds. The number of aliphatic hydroxyl groups is 1. The summed E-state index contributed by atoms with van der Waals surface area (Å²) in [5.41, 5.74) is 0. The van der Waals surface area contributed by atoms with Crippen molar-refractivity contribution in [3.05, 3.63) is 0 Å². The summed E-state index contributed by atoms with van der Waals surface area (Å²) in [4.78, 5) is 4.80. The predicted molar refractivity (Wildman–Crippen MR) is 82.3 cm³/mol. The quantitative estimate of drug-likeness (QED) is 0.769. The molecule has 3 unspecified atom stereocenters. The summed E-state index contributed by atoms with van der Waals surface area (Å²) in [5, 5.41) is 10.2. The number of nitrogens with zero attached hydrogens (tertiary/aromatic N) is 2. The van der Waals surface area contributed by atoms with E-state index in [1.165, 1.54) is 12.8 Å². The molecule has 0 radical (unpaired) electrons. The summed E-state index contributed by atoms with van der Waals surface area (Å²) in [6.07, 6.45) is 3.30. The minimum absolute atomic E-state index is 0.0785. The molecule has 3 nitrogen and oxygen atoms in total. The topological polar surface area (TPSA) is 26.7 Å². The number of rotatable bonds is 7. The normalized spacial score (nSPS) is 28.6. The summed E-state index contributed by atoms with van der Waals surface area (Å²) in [5.74, 6) is 1.95. The first-order valence-corrected chi connectivity index (χ1v) is 7.93. The summed E-state index contributed by atoms with van der Waals surface area (Å²) in [7, 11) is 4.26. The zero-order chi connectivity index (χ0) is 14.4. The van der Waals surface area contributed by atoms with Crippen LogP contribution in [0.5, 0.6) is 0 Å². The zero-order valence-electron chi connectivity index (χ0n) is 13.6. The Kier molecular flexibility index (Phi) is 7.33. The molecular formula is C16H34N2O. The van der Waals surface area contributed by atoms with Crippen molar-refractivity contribution >= 4 is 0 Å². The van der Waals surface area contributed by atoms with Gasteiger partial charge in [0.15, 0.2) is 0 Å². The molecule has 0 aromatic rings. The first-order chi connectivity index (χ1) is 8.88. The average molecular weight is 270 g/mol. The minimum Gasteiger partial charge on any atom is -0.393 e. The molecule has 0 heterocycles. The van der Waals surface area contributed by atoms with Crippen LogP contribution in [0, 0.1) is 17.8 Å². The summed E-state index contributed by atoms with van der Waals surface area (Å²) < 4.78 is 0. The molecule has 0 bridgehead atoms. The van der Waals surface area contributed by atoms with E-state index in [-0.39, 0.29) is 6.10 Å². The Morgan fingerprint density at radius 1 is 1.16 bits per heavy atom. The third-order valence-electron chi connectivity index (χ3n) is 4.18. The number of likely N-dealkylation sites (N-methyl/N-ethyl adjacent to an activating group) is 1.